The largest absolute Gasteiger partial charge is 0.504 e. The third kappa shape index (κ3) is 4.43. The summed E-state index contributed by atoms with van der Waals surface area (Å²) >= 11 is 0. The van der Waals surface area contributed by atoms with Crippen LogP contribution in [0.5, 0.6) is 11.5 Å². The second-order valence-corrected chi connectivity index (χ2v) is 6.22. The average molecular weight is 348 g/mol. The zero-order chi connectivity index (χ0) is 16.1. The molecule has 2 aromatic carbocycles. The van der Waals surface area contributed by atoms with Gasteiger partial charge in [0.05, 0.1) is 0 Å². The summed E-state index contributed by atoms with van der Waals surface area (Å²) < 4.78 is 5.82. The van der Waals surface area contributed by atoms with Crippen molar-refractivity contribution in [2.24, 2.45) is 0 Å². The molecule has 0 bridgehead atoms. The van der Waals surface area contributed by atoms with Crippen LogP contribution in [0, 0.1) is 0 Å². The number of hydrogen-bond donors (Lipinski definition) is 2. The minimum Gasteiger partial charge on any atom is -0.504 e. The Morgan fingerprint density at radius 3 is 2.71 bits per heavy atom. The Morgan fingerprint density at radius 2 is 1.96 bits per heavy atom. The summed E-state index contributed by atoms with van der Waals surface area (Å²) in [5, 5.41) is 14.1. The van der Waals surface area contributed by atoms with E-state index in [0.717, 1.165) is 43.4 Å². The van der Waals surface area contributed by atoms with E-state index in [1.807, 2.05) is 36.4 Å². The first-order valence-corrected chi connectivity index (χ1v) is 8.51. The van der Waals surface area contributed by atoms with E-state index < -0.39 is 0 Å². The molecule has 0 saturated heterocycles. The van der Waals surface area contributed by atoms with Crippen LogP contribution >= 0.6 is 12.4 Å². The monoisotopic (exact) mass is 347 g/mol. The van der Waals surface area contributed by atoms with E-state index in [2.05, 4.69) is 18.3 Å². The number of aromatic hydroxyl groups is 1. The molecule has 2 N–H and O–H groups in total. The molecule has 130 valence electrons. The van der Waals surface area contributed by atoms with Gasteiger partial charge >= 0.3 is 0 Å². The van der Waals surface area contributed by atoms with Gasteiger partial charge in [-0.3, -0.25) is 0 Å². The molecule has 0 fully saturated rings. The van der Waals surface area contributed by atoms with Crippen LogP contribution in [0.2, 0.25) is 0 Å². The predicted molar refractivity (Wildman–Crippen MR) is 100 cm³/mol. The first kappa shape index (κ1) is 18.6. The molecule has 0 aromatic heterocycles. The summed E-state index contributed by atoms with van der Waals surface area (Å²) in [6.45, 7) is 3.73. The summed E-state index contributed by atoms with van der Waals surface area (Å²) in [5.74, 6) is 0.917. The molecule has 0 saturated carbocycles. The van der Waals surface area contributed by atoms with Crippen molar-refractivity contribution in [3.05, 3.63) is 59.2 Å². The fourth-order valence-electron chi connectivity index (χ4n) is 3.19. The molecule has 1 aliphatic carbocycles. The van der Waals surface area contributed by atoms with Crippen LogP contribution in [0.1, 0.15) is 36.5 Å². The van der Waals surface area contributed by atoms with E-state index in [9.17, 15) is 5.11 Å². The van der Waals surface area contributed by atoms with Crippen LogP contribution in [0.4, 0.5) is 0 Å². The lowest BCUT2D eigenvalue weighted by Crippen LogP contribution is -2.35. The van der Waals surface area contributed by atoms with Gasteiger partial charge in [-0.25, -0.2) is 0 Å². The number of hydrogen-bond acceptors (Lipinski definition) is 3. The van der Waals surface area contributed by atoms with Crippen molar-refractivity contribution >= 4 is 12.4 Å². The van der Waals surface area contributed by atoms with Gasteiger partial charge in [0.25, 0.3) is 0 Å². The maximum absolute atomic E-state index is 10.5. The molecule has 3 rings (SSSR count). The van der Waals surface area contributed by atoms with Gasteiger partial charge in [-0.1, -0.05) is 43.3 Å². The Balaban J connectivity index is 0.00000208. The maximum atomic E-state index is 10.5. The summed E-state index contributed by atoms with van der Waals surface area (Å²) in [4.78, 5) is 0. The molecule has 0 spiro atoms. The van der Waals surface area contributed by atoms with E-state index in [1.165, 1.54) is 5.56 Å². The number of phenolic OH excluding ortho intramolecular Hbond substituents is 1. The van der Waals surface area contributed by atoms with Crippen molar-refractivity contribution in [1.82, 2.24) is 5.32 Å². The number of rotatable bonds is 6. The van der Waals surface area contributed by atoms with E-state index in [4.69, 9.17) is 4.74 Å². The van der Waals surface area contributed by atoms with Gasteiger partial charge in [-0.2, -0.15) is 0 Å². The average Bonchev–Trinajstić information content (AvgIpc) is 2.60. The number of fused-ring (bicyclic) bond motifs is 1. The fourth-order valence-corrected chi connectivity index (χ4v) is 3.19. The van der Waals surface area contributed by atoms with Crippen LogP contribution in [-0.2, 0) is 19.4 Å². The number of halogens is 1. The molecule has 4 heteroatoms. The van der Waals surface area contributed by atoms with Crippen molar-refractivity contribution in [1.29, 1.82) is 0 Å². The second kappa shape index (κ2) is 8.95. The molecule has 0 amide bonds. The molecule has 0 heterocycles. The highest BCUT2D eigenvalue weighted by Crippen LogP contribution is 2.37. The van der Waals surface area contributed by atoms with Gasteiger partial charge < -0.3 is 15.2 Å². The second-order valence-electron chi connectivity index (χ2n) is 6.22. The Labute approximate surface area is 150 Å². The van der Waals surface area contributed by atoms with Crippen LogP contribution in [-0.4, -0.2) is 17.7 Å². The molecule has 0 radical (unpaired) electrons. The molecule has 2 aromatic rings. The molecular formula is C20H26ClNO2. The van der Waals surface area contributed by atoms with Crippen LogP contribution < -0.4 is 10.1 Å². The first-order valence-electron chi connectivity index (χ1n) is 8.51. The Bertz CT molecular complexity index is 646. The summed E-state index contributed by atoms with van der Waals surface area (Å²) in [5.41, 5.74) is 3.41. The van der Waals surface area contributed by atoms with E-state index in [-0.39, 0.29) is 12.4 Å². The first-order chi connectivity index (χ1) is 11.3. The number of ether oxygens (including phenoxy) is 1. The topological polar surface area (TPSA) is 41.5 Å². The highest BCUT2D eigenvalue weighted by molar-refractivity contribution is 5.85. The Hall–Kier alpha value is -1.71. The summed E-state index contributed by atoms with van der Waals surface area (Å²) in [7, 11) is 0. The quantitative estimate of drug-likeness (QED) is 0.820. The number of benzene rings is 2. The maximum Gasteiger partial charge on any atom is 0.161 e. The van der Waals surface area contributed by atoms with Crippen molar-refractivity contribution in [2.75, 3.05) is 6.54 Å². The normalized spacial score (nSPS) is 16.1. The molecule has 0 unspecified atom stereocenters. The molecular weight excluding hydrogens is 322 g/mol. The third-order valence-electron chi connectivity index (χ3n) is 4.47. The highest BCUT2D eigenvalue weighted by Gasteiger charge is 2.22. The predicted octanol–water partition coefficient (Wildman–Crippen LogP) is 4.25. The highest BCUT2D eigenvalue weighted by atomic mass is 35.5. The van der Waals surface area contributed by atoms with Crippen molar-refractivity contribution in [3.8, 4) is 11.5 Å². The molecule has 1 atom stereocenters. The smallest absolute Gasteiger partial charge is 0.161 e. The molecule has 0 aliphatic heterocycles. The summed E-state index contributed by atoms with van der Waals surface area (Å²) in [6.07, 6.45) is 4.12. The van der Waals surface area contributed by atoms with E-state index >= 15 is 0 Å². The lowest BCUT2D eigenvalue weighted by molar-refractivity contribution is 0.286. The van der Waals surface area contributed by atoms with Crippen molar-refractivity contribution in [3.63, 3.8) is 0 Å². The lowest BCUT2D eigenvalue weighted by atomic mass is 9.87. The minimum atomic E-state index is 0. The van der Waals surface area contributed by atoms with Gasteiger partial charge in [0, 0.05) is 11.6 Å². The lowest BCUT2D eigenvalue weighted by Gasteiger charge is -2.26. The number of phenols is 1. The van der Waals surface area contributed by atoms with E-state index in [1.54, 1.807) is 0 Å². The van der Waals surface area contributed by atoms with Gasteiger partial charge in [0.2, 0.25) is 0 Å². The zero-order valence-corrected chi connectivity index (χ0v) is 14.9. The van der Waals surface area contributed by atoms with Gasteiger partial charge in [-0.05, 0) is 49.4 Å². The van der Waals surface area contributed by atoms with Crippen LogP contribution in [0.25, 0.3) is 0 Å². The number of nitrogens with one attached hydrogen (secondary N) is 1. The molecule has 24 heavy (non-hydrogen) atoms. The van der Waals surface area contributed by atoms with Gasteiger partial charge in [0.15, 0.2) is 11.5 Å². The Morgan fingerprint density at radius 1 is 1.17 bits per heavy atom. The minimum absolute atomic E-state index is 0. The van der Waals surface area contributed by atoms with Gasteiger partial charge in [0.1, 0.15) is 6.61 Å². The standard InChI is InChI=1S/C20H25NO2.ClH/c1-2-12-21-17-9-10-18-16(13-17)8-11-19(20(18)22)23-14-15-6-4-3-5-7-15;/h3-8,11,17,21-22H,2,9-10,12-14H2,1H3;1H/t17-;/m0./s1. The summed E-state index contributed by atoms with van der Waals surface area (Å²) in [6, 6.07) is 14.6. The Kier molecular flexibility index (Phi) is 6.95. The van der Waals surface area contributed by atoms with E-state index in [0.29, 0.717) is 24.1 Å². The zero-order valence-electron chi connectivity index (χ0n) is 14.1. The van der Waals surface area contributed by atoms with Gasteiger partial charge in [-0.15, -0.1) is 12.4 Å². The SMILES string of the molecule is CCCN[C@H]1CCc2c(ccc(OCc3ccccc3)c2O)C1.Cl. The fraction of sp³-hybridized carbons (Fsp3) is 0.400. The van der Waals surface area contributed by atoms with Crippen molar-refractivity contribution < 1.29 is 9.84 Å². The van der Waals surface area contributed by atoms with Crippen molar-refractivity contribution in [2.45, 2.75) is 45.3 Å². The third-order valence-corrected chi connectivity index (χ3v) is 4.47. The molecule has 3 nitrogen and oxygen atoms in total. The molecule has 1 aliphatic rings. The van der Waals surface area contributed by atoms with Crippen LogP contribution in [0.15, 0.2) is 42.5 Å². The van der Waals surface area contributed by atoms with Crippen LogP contribution in [0.3, 0.4) is 0 Å².